The van der Waals surface area contributed by atoms with E-state index in [1.54, 1.807) is 6.92 Å². The lowest BCUT2D eigenvalue weighted by Crippen LogP contribution is -2.35. The number of aromatic nitrogens is 1. The van der Waals surface area contributed by atoms with Gasteiger partial charge in [0.15, 0.2) is 0 Å². The first-order valence-corrected chi connectivity index (χ1v) is 9.92. The van der Waals surface area contributed by atoms with Crippen molar-refractivity contribution in [3.05, 3.63) is 52.9 Å². The van der Waals surface area contributed by atoms with E-state index < -0.39 is 22.5 Å². The number of pyridine rings is 1. The monoisotopic (exact) mass is 406 g/mol. The highest BCUT2D eigenvalue weighted by atomic mass is 32.2. The number of nitrogens with one attached hydrogen (secondary N) is 2. The number of hydrogen-bond acceptors (Lipinski definition) is 5. The number of aryl methyl sites for hydroxylation is 1. The molecule has 1 aromatic heterocycles. The van der Waals surface area contributed by atoms with E-state index >= 15 is 0 Å². The van der Waals surface area contributed by atoms with Crippen molar-refractivity contribution in [3.8, 4) is 0 Å². The molecule has 0 unspecified atom stereocenters. The van der Waals surface area contributed by atoms with Crippen LogP contribution in [-0.4, -0.2) is 42.7 Å². The smallest absolute Gasteiger partial charge is 0.250 e. The molecule has 1 aromatic carbocycles. The Balaban J connectivity index is 2.07. The van der Waals surface area contributed by atoms with E-state index in [9.17, 15) is 22.8 Å². The van der Waals surface area contributed by atoms with Crippen LogP contribution < -0.4 is 16.2 Å². The molecule has 2 aromatic rings. The summed E-state index contributed by atoms with van der Waals surface area (Å²) in [6.45, 7) is 3.19. The van der Waals surface area contributed by atoms with Crippen molar-refractivity contribution in [3.63, 3.8) is 0 Å². The zero-order valence-corrected chi connectivity index (χ0v) is 16.6. The third-order valence-corrected chi connectivity index (χ3v) is 5.67. The molecule has 0 aliphatic heterocycles. The van der Waals surface area contributed by atoms with E-state index in [1.807, 2.05) is 0 Å². The lowest BCUT2D eigenvalue weighted by Gasteiger charge is -2.17. The first-order chi connectivity index (χ1) is 13.1. The molecule has 0 spiro atoms. The quantitative estimate of drug-likeness (QED) is 0.714. The molecule has 0 saturated carbocycles. The van der Waals surface area contributed by atoms with Crippen molar-refractivity contribution >= 4 is 33.2 Å². The summed E-state index contributed by atoms with van der Waals surface area (Å²) >= 11 is 0. The van der Waals surface area contributed by atoms with Crippen LogP contribution in [0.5, 0.6) is 0 Å². The molecule has 0 aliphatic rings. The van der Waals surface area contributed by atoms with E-state index in [4.69, 9.17) is 0 Å². The fourth-order valence-corrected chi connectivity index (χ4v) is 3.56. The van der Waals surface area contributed by atoms with E-state index in [-0.39, 0.29) is 16.4 Å². The first kappa shape index (κ1) is 21.3. The van der Waals surface area contributed by atoms with Gasteiger partial charge in [0.1, 0.15) is 0 Å². The summed E-state index contributed by atoms with van der Waals surface area (Å²) in [5.74, 6) is -0.805. The van der Waals surface area contributed by atoms with Crippen LogP contribution in [0.3, 0.4) is 0 Å². The van der Waals surface area contributed by atoms with Gasteiger partial charge in [-0.2, -0.15) is 4.31 Å². The van der Waals surface area contributed by atoms with Gasteiger partial charge in [0.05, 0.1) is 17.1 Å². The lowest BCUT2D eigenvalue weighted by molar-refractivity contribution is -0.116. The molecule has 9 nitrogen and oxygen atoms in total. The number of carbonyl (C=O) groups excluding carboxylic acids is 2. The average Bonchev–Trinajstić information content (AvgIpc) is 2.63. The molecule has 0 aliphatic carbocycles. The molecule has 150 valence electrons. The molecule has 0 fully saturated rings. The number of rotatable bonds is 7. The predicted octanol–water partition coefficient (Wildman–Crippen LogP) is 1.09. The molecule has 10 heteroatoms. The number of anilines is 2. The minimum absolute atomic E-state index is 0.00330. The second-order valence-electron chi connectivity index (χ2n) is 6.06. The highest BCUT2D eigenvalue weighted by Gasteiger charge is 2.23. The second kappa shape index (κ2) is 8.81. The molecule has 2 amide bonds. The molecule has 28 heavy (non-hydrogen) atoms. The third-order valence-electron chi connectivity index (χ3n) is 3.86. The Hall–Kier alpha value is -2.98. The van der Waals surface area contributed by atoms with Crippen LogP contribution in [0.15, 0.2) is 52.3 Å². The predicted molar refractivity (Wildman–Crippen MR) is 106 cm³/mol. The maximum absolute atomic E-state index is 12.6. The standard InChI is InChI=1S/C18H22N4O5S/c1-4-22-11-15(7-10-18(22)25)20-17(24)12-21(3)28(26,27)16-8-5-14(6-9-16)19-13(2)23/h5-11H,4,12H2,1-3H3,(H,19,23)(H,20,24). The topological polar surface area (TPSA) is 118 Å². The third kappa shape index (κ3) is 5.27. The summed E-state index contributed by atoms with van der Waals surface area (Å²) in [5, 5.41) is 5.13. The molecular formula is C18H22N4O5S. The fourth-order valence-electron chi connectivity index (χ4n) is 2.43. The number of benzene rings is 1. The van der Waals surface area contributed by atoms with Gasteiger partial charge in [0.25, 0.3) is 5.56 Å². The van der Waals surface area contributed by atoms with Crippen LogP contribution in [0.2, 0.25) is 0 Å². The Morgan fingerprint density at radius 3 is 2.21 bits per heavy atom. The van der Waals surface area contributed by atoms with Gasteiger partial charge < -0.3 is 15.2 Å². The van der Waals surface area contributed by atoms with Gasteiger partial charge in [0.2, 0.25) is 21.8 Å². The maximum Gasteiger partial charge on any atom is 0.250 e. The van der Waals surface area contributed by atoms with Gasteiger partial charge in [-0.15, -0.1) is 0 Å². The summed E-state index contributed by atoms with van der Waals surface area (Å²) in [6, 6.07) is 8.43. The average molecular weight is 406 g/mol. The number of nitrogens with zero attached hydrogens (tertiary/aromatic N) is 2. The van der Waals surface area contributed by atoms with Crippen molar-refractivity contribution in [1.29, 1.82) is 0 Å². The van der Waals surface area contributed by atoms with E-state index in [0.29, 0.717) is 17.9 Å². The van der Waals surface area contributed by atoms with Crippen LogP contribution in [0.1, 0.15) is 13.8 Å². The summed E-state index contributed by atoms with van der Waals surface area (Å²) in [6.07, 6.45) is 1.50. The number of sulfonamides is 1. The van der Waals surface area contributed by atoms with Gasteiger partial charge in [-0.3, -0.25) is 14.4 Å². The Morgan fingerprint density at radius 2 is 1.64 bits per heavy atom. The second-order valence-corrected chi connectivity index (χ2v) is 8.10. The van der Waals surface area contributed by atoms with E-state index in [2.05, 4.69) is 10.6 Å². The molecule has 0 saturated heterocycles. The Labute approximate surface area is 163 Å². The Kier molecular flexibility index (Phi) is 6.71. The van der Waals surface area contributed by atoms with Gasteiger partial charge in [-0.25, -0.2) is 8.42 Å². The molecule has 0 bridgehead atoms. The highest BCUT2D eigenvalue weighted by Crippen LogP contribution is 2.17. The Morgan fingerprint density at radius 1 is 1.04 bits per heavy atom. The van der Waals surface area contributed by atoms with Crippen LogP contribution in [-0.2, 0) is 26.2 Å². The fraction of sp³-hybridized carbons (Fsp3) is 0.278. The minimum atomic E-state index is -3.89. The summed E-state index contributed by atoms with van der Waals surface area (Å²) < 4.78 is 27.6. The summed E-state index contributed by atoms with van der Waals surface area (Å²) in [5.41, 5.74) is 0.678. The zero-order chi connectivity index (χ0) is 20.9. The zero-order valence-electron chi connectivity index (χ0n) is 15.8. The highest BCUT2D eigenvalue weighted by molar-refractivity contribution is 7.89. The van der Waals surface area contributed by atoms with Crippen LogP contribution in [0, 0.1) is 0 Å². The van der Waals surface area contributed by atoms with Crippen molar-refractivity contribution < 1.29 is 18.0 Å². The Bertz CT molecular complexity index is 1030. The molecule has 1 heterocycles. The lowest BCUT2D eigenvalue weighted by atomic mass is 10.3. The van der Waals surface area contributed by atoms with Crippen LogP contribution in [0.25, 0.3) is 0 Å². The van der Waals surface area contributed by atoms with Crippen LogP contribution >= 0.6 is 0 Å². The number of likely N-dealkylation sites (N-methyl/N-ethyl adjacent to an activating group) is 1. The summed E-state index contributed by atoms with van der Waals surface area (Å²) in [4.78, 5) is 34.8. The van der Waals surface area contributed by atoms with E-state index in [0.717, 1.165) is 4.31 Å². The van der Waals surface area contributed by atoms with Crippen molar-refractivity contribution in [2.45, 2.75) is 25.3 Å². The first-order valence-electron chi connectivity index (χ1n) is 8.48. The number of carbonyl (C=O) groups is 2. The number of amides is 2. The molecule has 0 atom stereocenters. The normalized spacial score (nSPS) is 11.3. The van der Waals surface area contributed by atoms with Crippen molar-refractivity contribution in [1.82, 2.24) is 8.87 Å². The molecule has 2 rings (SSSR count). The molecule has 0 radical (unpaired) electrons. The molecular weight excluding hydrogens is 384 g/mol. The van der Waals surface area contributed by atoms with Crippen molar-refractivity contribution in [2.75, 3.05) is 24.2 Å². The minimum Gasteiger partial charge on any atom is -0.326 e. The van der Waals surface area contributed by atoms with Gasteiger partial charge in [0, 0.05) is 38.5 Å². The number of hydrogen-bond donors (Lipinski definition) is 2. The summed E-state index contributed by atoms with van der Waals surface area (Å²) in [7, 11) is -2.59. The van der Waals surface area contributed by atoms with Gasteiger partial charge in [-0.1, -0.05) is 0 Å². The van der Waals surface area contributed by atoms with Crippen LogP contribution in [0.4, 0.5) is 11.4 Å². The largest absolute Gasteiger partial charge is 0.326 e. The van der Waals surface area contributed by atoms with Gasteiger partial charge >= 0.3 is 0 Å². The SMILES string of the molecule is CCn1cc(NC(=O)CN(C)S(=O)(=O)c2ccc(NC(C)=O)cc2)ccc1=O. The van der Waals surface area contributed by atoms with Gasteiger partial charge in [-0.05, 0) is 37.3 Å². The molecule has 2 N–H and O–H groups in total. The maximum atomic E-state index is 12.6. The van der Waals surface area contributed by atoms with E-state index in [1.165, 1.54) is 61.1 Å². The van der Waals surface area contributed by atoms with Crippen molar-refractivity contribution in [2.24, 2.45) is 0 Å².